The Kier molecular flexibility index (Phi) is 4.55. The van der Waals surface area contributed by atoms with Crippen LogP contribution in [0.2, 0.25) is 5.02 Å². The lowest BCUT2D eigenvalue weighted by Crippen LogP contribution is -2.13. The lowest BCUT2D eigenvalue weighted by atomic mass is 9.92. The highest BCUT2D eigenvalue weighted by atomic mass is 35.5. The minimum atomic E-state index is -0.742. The van der Waals surface area contributed by atoms with E-state index in [2.05, 4.69) is 6.07 Å². The maximum Gasteiger partial charge on any atom is 0.158 e. The molecule has 3 heteroatoms. The topological polar surface area (TPSA) is 40.9 Å². The Bertz CT molecular complexity index is 638. The van der Waals surface area contributed by atoms with Gasteiger partial charge in [0.1, 0.15) is 5.92 Å². The number of nitriles is 1. The number of hydrogen-bond acceptors (Lipinski definition) is 2. The number of nitrogens with zero attached hydrogens (tertiary/aromatic N) is 1. The molecule has 0 aliphatic heterocycles. The molecule has 2 nitrogen and oxygen atoms in total. The number of benzene rings is 2. The molecule has 0 N–H and O–H groups in total. The number of aryl methyl sites for hydroxylation is 1. The molecule has 2 rings (SSSR count). The molecule has 0 aliphatic rings. The van der Waals surface area contributed by atoms with E-state index >= 15 is 0 Å². The summed E-state index contributed by atoms with van der Waals surface area (Å²) in [6.07, 6.45) is 0.265. The predicted molar refractivity (Wildman–Crippen MR) is 79.7 cm³/mol. The van der Waals surface area contributed by atoms with Crippen LogP contribution in [-0.2, 0) is 11.2 Å². The molecule has 0 radical (unpaired) electrons. The van der Waals surface area contributed by atoms with E-state index < -0.39 is 5.92 Å². The van der Waals surface area contributed by atoms with E-state index in [0.29, 0.717) is 10.6 Å². The van der Waals surface area contributed by atoms with Gasteiger partial charge in [-0.15, -0.1) is 0 Å². The zero-order chi connectivity index (χ0) is 14.5. The van der Waals surface area contributed by atoms with E-state index in [1.54, 1.807) is 24.3 Å². The second kappa shape index (κ2) is 6.36. The fourth-order valence-corrected chi connectivity index (χ4v) is 2.12. The second-order valence-electron chi connectivity index (χ2n) is 4.74. The van der Waals surface area contributed by atoms with Crippen LogP contribution < -0.4 is 0 Å². The van der Waals surface area contributed by atoms with E-state index in [1.165, 1.54) is 0 Å². The molecular formula is C17H14ClNO. The summed E-state index contributed by atoms with van der Waals surface area (Å²) in [6.45, 7) is 2.00. The van der Waals surface area contributed by atoms with Crippen LogP contribution in [0.1, 0.15) is 22.6 Å². The largest absolute Gasteiger partial charge is 0.297 e. The number of halogens is 1. The number of Topliss-reactive ketones (excluding diaryl/α,β-unsaturated/α-hetero) is 1. The van der Waals surface area contributed by atoms with Crippen molar-refractivity contribution in [2.24, 2.45) is 0 Å². The van der Waals surface area contributed by atoms with Crippen molar-refractivity contribution in [2.75, 3.05) is 0 Å². The molecule has 0 bridgehead atoms. The van der Waals surface area contributed by atoms with E-state index in [4.69, 9.17) is 11.6 Å². The molecule has 0 aliphatic carbocycles. The molecule has 1 atom stereocenters. The van der Waals surface area contributed by atoms with E-state index in [9.17, 15) is 10.1 Å². The Morgan fingerprint density at radius 1 is 1.15 bits per heavy atom. The summed E-state index contributed by atoms with van der Waals surface area (Å²) in [5.74, 6) is -0.841. The smallest absolute Gasteiger partial charge is 0.158 e. The predicted octanol–water partition coefficient (Wildman–Crippen LogP) is 4.07. The van der Waals surface area contributed by atoms with Gasteiger partial charge in [0.25, 0.3) is 0 Å². The molecule has 0 aromatic heterocycles. The molecule has 2 aromatic rings. The lowest BCUT2D eigenvalue weighted by molar-refractivity contribution is -0.118. The average Bonchev–Trinajstić information content (AvgIpc) is 2.44. The summed E-state index contributed by atoms with van der Waals surface area (Å²) in [5.41, 5.74) is 2.76. The van der Waals surface area contributed by atoms with Crippen molar-refractivity contribution in [1.82, 2.24) is 0 Å². The Morgan fingerprint density at radius 2 is 1.75 bits per heavy atom. The molecular weight excluding hydrogens is 270 g/mol. The summed E-state index contributed by atoms with van der Waals surface area (Å²) >= 11 is 5.82. The van der Waals surface area contributed by atoms with Gasteiger partial charge in [0.15, 0.2) is 5.78 Å². The van der Waals surface area contributed by atoms with Gasteiger partial charge in [0, 0.05) is 11.4 Å². The maximum absolute atomic E-state index is 12.3. The fourth-order valence-electron chi connectivity index (χ4n) is 2.00. The van der Waals surface area contributed by atoms with Crippen LogP contribution in [-0.4, -0.2) is 5.78 Å². The molecule has 0 amide bonds. The van der Waals surface area contributed by atoms with Crippen molar-refractivity contribution >= 4 is 17.4 Å². The molecule has 0 saturated carbocycles. The van der Waals surface area contributed by atoms with Gasteiger partial charge in [-0.2, -0.15) is 5.26 Å². The molecule has 1 unspecified atom stereocenters. The first kappa shape index (κ1) is 14.3. The summed E-state index contributed by atoms with van der Waals surface area (Å²) in [5, 5.41) is 9.83. The highest BCUT2D eigenvalue weighted by Crippen LogP contribution is 2.20. The minimum absolute atomic E-state index is 0.0984. The van der Waals surface area contributed by atoms with Crippen LogP contribution in [0.25, 0.3) is 0 Å². The molecule has 0 saturated heterocycles. The normalized spacial score (nSPS) is 11.7. The van der Waals surface area contributed by atoms with Crippen LogP contribution in [0.3, 0.4) is 0 Å². The molecule has 2 aromatic carbocycles. The SMILES string of the molecule is Cc1ccc(CC(=O)C(C#N)c2ccc(Cl)cc2)cc1. The first-order chi connectivity index (χ1) is 9.60. The number of hydrogen-bond donors (Lipinski definition) is 0. The highest BCUT2D eigenvalue weighted by Gasteiger charge is 2.20. The Morgan fingerprint density at radius 3 is 2.30 bits per heavy atom. The third-order valence-corrected chi connectivity index (χ3v) is 3.41. The van der Waals surface area contributed by atoms with Crippen LogP contribution in [0, 0.1) is 18.3 Å². The Labute approximate surface area is 123 Å². The average molecular weight is 284 g/mol. The first-order valence-corrected chi connectivity index (χ1v) is 6.71. The van der Waals surface area contributed by atoms with Gasteiger partial charge >= 0.3 is 0 Å². The number of ketones is 1. The number of carbonyl (C=O) groups is 1. The van der Waals surface area contributed by atoms with Crippen molar-refractivity contribution < 1.29 is 4.79 Å². The zero-order valence-electron chi connectivity index (χ0n) is 11.1. The Hall–Kier alpha value is -2.11. The van der Waals surface area contributed by atoms with Crippen molar-refractivity contribution in [3.8, 4) is 6.07 Å². The maximum atomic E-state index is 12.3. The van der Waals surface area contributed by atoms with E-state index in [0.717, 1.165) is 11.1 Å². The summed E-state index contributed by atoms with van der Waals surface area (Å²) in [4.78, 5) is 12.3. The first-order valence-electron chi connectivity index (χ1n) is 6.33. The lowest BCUT2D eigenvalue weighted by Gasteiger charge is -2.09. The van der Waals surface area contributed by atoms with Gasteiger partial charge in [-0.05, 0) is 30.2 Å². The van der Waals surface area contributed by atoms with Gasteiger partial charge < -0.3 is 0 Å². The monoisotopic (exact) mass is 283 g/mol. The minimum Gasteiger partial charge on any atom is -0.297 e. The van der Waals surface area contributed by atoms with Gasteiger partial charge in [-0.1, -0.05) is 53.6 Å². The third kappa shape index (κ3) is 3.46. The van der Waals surface area contributed by atoms with Crippen LogP contribution in [0.4, 0.5) is 0 Å². The third-order valence-electron chi connectivity index (χ3n) is 3.15. The van der Waals surface area contributed by atoms with Crippen LogP contribution in [0.5, 0.6) is 0 Å². The standard InChI is InChI=1S/C17H14ClNO/c1-12-2-4-13(5-3-12)10-17(20)16(11-19)14-6-8-15(18)9-7-14/h2-9,16H,10H2,1H3. The Balaban J connectivity index is 2.15. The summed E-state index contributed by atoms with van der Waals surface area (Å²) < 4.78 is 0. The van der Waals surface area contributed by atoms with Gasteiger partial charge in [-0.25, -0.2) is 0 Å². The summed E-state index contributed by atoms with van der Waals surface area (Å²) in [7, 11) is 0. The van der Waals surface area contributed by atoms with Crippen LogP contribution >= 0.6 is 11.6 Å². The van der Waals surface area contributed by atoms with Gasteiger partial charge in [0.2, 0.25) is 0 Å². The zero-order valence-corrected chi connectivity index (χ0v) is 11.9. The second-order valence-corrected chi connectivity index (χ2v) is 5.18. The van der Waals surface area contributed by atoms with Gasteiger partial charge in [0.05, 0.1) is 6.07 Å². The van der Waals surface area contributed by atoms with E-state index in [1.807, 2.05) is 31.2 Å². The van der Waals surface area contributed by atoms with Gasteiger partial charge in [-0.3, -0.25) is 4.79 Å². The van der Waals surface area contributed by atoms with Crippen molar-refractivity contribution in [3.63, 3.8) is 0 Å². The van der Waals surface area contributed by atoms with Crippen molar-refractivity contribution in [3.05, 3.63) is 70.2 Å². The molecule has 100 valence electrons. The fraction of sp³-hybridized carbons (Fsp3) is 0.176. The number of carbonyl (C=O) groups excluding carboxylic acids is 1. The summed E-state index contributed by atoms with van der Waals surface area (Å²) in [6, 6.07) is 16.7. The molecule has 0 heterocycles. The molecule has 0 spiro atoms. The molecule has 20 heavy (non-hydrogen) atoms. The molecule has 0 fully saturated rings. The van der Waals surface area contributed by atoms with Crippen molar-refractivity contribution in [2.45, 2.75) is 19.3 Å². The van der Waals surface area contributed by atoms with Crippen molar-refractivity contribution in [1.29, 1.82) is 5.26 Å². The van der Waals surface area contributed by atoms with Crippen LogP contribution in [0.15, 0.2) is 48.5 Å². The number of rotatable bonds is 4. The quantitative estimate of drug-likeness (QED) is 0.849. The highest BCUT2D eigenvalue weighted by molar-refractivity contribution is 6.30. The van der Waals surface area contributed by atoms with E-state index in [-0.39, 0.29) is 12.2 Å².